The summed E-state index contributed by atoms with van der Waals surface area (Å²) in [6, 6.07) is 13.1. The molecule has 6 rings (SSSR count). The van der Waals surface area contributed by atoms with Crippen molar-refractivity contribution >= 4 is 44.5 Å². The third-order valence-electron chi connectivity index (χ3n) is 6.16. The van der Waals surface area contributed by atoms with E-state index < -0.39 is 0 Å². The molecule has 9 nitrogen and oxygen atoms in total. The number of thiazole rings is 1. The lowest BCUT2D eigenvalue weighted by Gasteiger charge is -2.10. The van der Waals surface area contributed by atoms with Crippen LogP contribution in [0.5, 0.6) is 11.5 Å². The number of ether oxygens (including phenoxy) is 2. The van der Waals surface area contributed by atoms with E-state index >= 15 is 0 Å². The fraction of sp³-hybridized carbons (Fsp3) is 0.214. The second-order valence-corrected chi connectivity index (χ2v) is 11.0. The molecule has 0 aliphatic heterocycles. The number of carbonyl (C=O) groups excluding carboxylic acids is 1. The quantitative estimate of drug-likeness (QED) is 0.220. The van der Waals surface area contributed by atoms with Gasteiger partial charge in [-0.05, 0) is 24.6 Å². The highest BCUT2D eigenvalue weighted by molar-refractivity contribution is 7.16. The Bertz CT molecular complexity index is 1760. The summed E-state index contributed by atoms with van der Waals surface area (Å²) in [5.74, 6) is 1.86. The van der Waals surface area contributed by atoms with E-state index in [0.29, 0.717) is 34.1 Å². The van der Waals surface area contributed by atoms with Gasteiger partial charge in [-0.15, -0.1) is 11.3 Å². The molecule has 198 valence electrons. The standard InChI is InChI=1S/C28H25N5O4S2/c1-5-25-31-33-13-21(30-28(33)39-25)24-12-20-22(10-19(35-4)11-23(20)37-24)36-14-18-15-38-26(29-18)16-6-8-17(9-7-16)27(34)32(2)3/h6-13,15H,5,14H2,1-4H3. The van der Waals surface area contributed by atoms with E-state index in [9.17, 15) is 4.79 Å². The molecule has 0 aliphatic rings. The zero-order chi connectivity index (χ0) is 27.1. The molecule has 0 atom stereocenters. The van der Waals surface area contributed by atoms with Crippen molar-refractivity contribution in [3.8, 4) is 33.5 Å². The first kappa shape index (κ1) is 25.1. The lowest BCUT2D eigenvalue weighted by atomic mass is 10.1. The zero-order valence-electron chi connectivity index (χ0n) is 21.8. The van der Waals surface area contributed by atoms with E-state index in [-0.39, 0.29) is 12.5 Å². The number of furan rings is 1. The Hall–Kier alpha value is -4.22. The fourth-order valence-electron chi connectivity index (χ4n) is 4.12. The Kier molecular flexibility index (Phi) is 6.53. The zero-order valence-corrected chi connectivity index (χ0v) is 23.4. The Morgan fingerprint density at radius 3 is 2.67 bits per heavy atom. The molecular formula is C28H25N5O4S2. The first-order valence-electron chi connectivity index (χ1n) is 12.3. The Balaban J connectivity index is 1.23. The molecule has 0 saturated carbocycles. The first-order chi connectivity index (χ1) is 18.9. The number of amides is 1. The van der Waals surface area contributed by atoms with E-state index in [1.165, 1.54) is 11.3 Å². The second kappa shape index (κ2) is 10.2. The summed E-state index contributed by atoms with van der Waals surface area (Å²) in [4.78, 5) is 24.0. The summed E-state index contributed by atoms with van der Waals surface area (Å²) >= 11 is 3.10. The van der Waals surface area contributed by atoms with Gasteiger partial charge in [0.25, 0.3) is 5.91 Å². The van der Waals surface area contributed by atoms with Gasteiger partial charge < -0.3 is 18.8 Å². The SMILES string of the molecule is CCc1nn2cc(-c3cc4c(OCc5csc(-c6ccc(C(=O)N(C)C)cc6)n5)cc(OC)cc4o3)nc2s1. The van der Waals surface area contributed by atoms with Gasteiger partial charge in [0.2, 0.25) is 4.96 Å². The number of aryl methyl sites for hydroxylation is 1. The van der Waals surface area contributed by atoms with Crippen molar-refractivity contribution in [1.29, 1.82) is 0 Å². The summed E-state index contributed by atoms with van der Waals surface area (Å²) in [5, 5.41) is 9.24. The molecule has 4 heterocycles. The molecule has 0 unspecified atom stereocenters. The van der Waals surface area contributed by atoms with Gasteiger partial charge in [0.1, 0.15) is 39.4 Å². The molecule has 0 spiro atoms. The van der Waals surface area contributed by atoms with Gasteiger partial charge in [0.15, 0.2) is 5.76 Å². The topological polar surface area (TPSA) is 95.0 Å². The number of hydrogen-bond donors (Lipinski definition) is 0. The molecule has 0 N–H and O–H groups in total. The first-order valence-corrected chi connectivity index (χ1v) is 14.0. The van der Waals surface area contributed by atoms with Gasteiger partial charge in [0, 0.05) is 42.7 Å². The number of hydrogen-bond acceptors (Lipinski definition) is 9. The van der Waals surface area contributed by atoms with Gasteiger partial charge >= 0.3 is 0 Å². The van der Waals surface area contributed by atoms with Crippen LogP contribution in [0.15, 0.2) is 58.5 Å². The highest BCUT2D eigenvalue weighted by Gasteiger charge is 2.17. The molecule has 0 radical (unpaired) electrons. The summed E-state index contributed by atoms with van der Waals surface area (Å²) in [5.41, 5.74) is 3.74. The third-order valence-corrected chi connectivity index (χ3v) is 8.17. The van der Waals surface area contributed by atoms with Crippen molar-refractivity contribution in [3.05, 3.63) is 70.3 Å². The average molecular weight is 560 g/mol. The monoisotopic (exact) mass is 559 g/mol. The molecule has 11 heteroatoms. The molecule has 4 aromatic heterocycles. The maximum atomic E-state index is 12.2. The number of methoxy groups -OCH3 is 1. The van der Waals surface area contributed by atoms with Gasteiger partial charge in [-0.2, -0.15) is 5.10 Å². The Morgan fingerprint density at radius 2 is 1.95 bits per heavy atom. The van der Waals surface area contributed by atoms with Crippen molar-refractivity contribution in [2.24, 2.45) is 0 Å². The Labute approximate surface area is 232 Å². The van der Waals surface area contributed by atoms with Crippen LogP contribution in [-0.2, 0) is 13.0 Å². The molecule has 2 aromatic carbocycles. The second-order valence-electron chi connectivity index (χ2n) is 9.06. The van der Waals surface area contributed by atoms with Crippen LogP contribution in [0.4, 0.5) is 0 Å². The van der Waals surface area contributed by atoms with E-state index in [1.54, 1.807) is 42.0 Å². The largest absolute Gasteiger partial charge is 0.496 e. The number of imidazole rings is 1. The van der Waals surface area contributed by atoms with Crippen molar-refractivity contribution in [2.45, 2.75) is 20.0 Å². The summed E-state index contributed by atoms with van der Waals surface area (Å²) in [7, 11) is 5.09. The normalized spacial score (nSPS) is 11.4. The minimum atomic E-state index is -0.0307. The maximum Gasteiger partial charge on any atom is 0.253 e. The Morgan fingerprint density at radius 1 is 1.13 bits per heavy atom. The number of carbonyl (C=O) groups is 1. The molecule has 39 heavy (non-hydrogen) atoms. The third kappa shape index (κ3) is 4.86. The number of benzene rings is 2. The molecule has 0 saturated heterocycles. The van der Waals surface area contributed by atoms with Crippen LogP contribution in [0, 0.1) is 0 Å². The molecule has 0 fully saturated rings. The van der Waals surface area contributed by atoms with Crippen LogP contribution in [0.3, 0.4) is 0 Å². The van der Waals surface area contributed by atoms with Gasteiger partial charge in [-0.25, -0.2) is 14.5 Å². The molecule has 6 aromatic rings. The van der Waals surface area contributed by atoms with Crippen LogP contribution in [0.25, 0.3) is 38.0 Å². The van der Waals surface area contributed by atoms with Crippen LogP contribution in [0.2, 0.25) is 0 Å². The highest BCUT2D eigenvalue weighted by Crippen LogP contribution is 2.37. The van der Waals surface area contributed by atoms with E-state index in [0.717, 1.165) is 38.0 Å². The summed E-state index contributed by atoms with van der Waals surface area (Å²) in [6.07, 6.45) is 2.75. The molecule has 0 aliphatic carbocycles. The summed E-state index contributed by atoms with van der Waals surface area (Å²) in [6.45, 7) is 2.35. The number of rotatable bonds is 8. The smallest absolute Gasteiger partial charge is 0.253 e. The van der Waals surface area contributed by atoms with Crippen molar-refractivity contribution < 1.29 is 18.7 Å². The van der Waals surface area contributed by atoms with Gasteiger partial charge in [-0.1, -0.05) is 30.4 Å². The lowest BCUT2D eigenvalue weighted by Crippen LogP contribution is -2.21. The van der Waals surface area contributed by atoms with Crippen LogP contribution in [-0.4, -0.2) is 51.6 Å². The predicted octanol–water partition coefficient (Wildman–Crippen LogP) is 6.18. The van der Waals surface area contributed by atoms with Gasteiger partial charge in [0.05, 0.1) is 24.4 Å². The van der Waals surface area contributed by atoms with Crippen molar-refractivity contribution in [2.75, 3.05) is 21.2 Å². The van der Waals surface area contributed by atoms with E-state index in [1.807, 2.05) is 54.0 Å². The van der Waals surface area contributed by atoms with Gasteiger partial charge in [-0.3, -0.25) is 4.79 Å². The van der Waals surface area contributed by atoms with Crippen molar-refractivity contribution in [3.63, 3.8) is 0 Å². The molecule has 1 amide bonds. The lowest BCUT2D eigenvalue weighted by molar-refractivity contribution is 0.0827. The van der Waals surface area contributed by atoms with Crippen LogP contribution in [0.1, 0.15) is 28.0 Å². The van der Waals surface area contributed by atoms with Crippen molar-refractivity contribution in [1.82, 2.24) is 24.5 Å². The van der Waals surface area contributed by atoms with Crippen LogP contribution < -0.4 is 9.47 Å². The summed E-state index contributed by atoms with van der Waals surface area (Å²) < 4.78 is 19.6. The number of aromatic nitrogens is 4. The van der Waals surface area contributed by atoms with E-state index in [2.05, 4.69) is 12.0 Å². The fourth-order valence-corrected chi connectivity index (χ4v) is 5.75. The predicted molar refractivity (Wildman–Crippen MR) is 152 cm³/mol. The minimum Gasteiger partial charge on any atom is -0.496 e. The van der Waals surface area contributed by atoms with E-state index in [4.69, 9.17) is 23.9 Å². The molecular weight excluding hydrogens is 534 g/mol. The number of nitrogens with zero attached hydrogens (tertiary/aromatic N) is 5. The highest BCUT2D eigenvalue weighted by atomic mass is 32.1. The average Bonchev–Trinajstić information content (AvgIpc) is 3.73. The minimum absolute atomic E-state index is 0.0307. The number of fused-ring (bicyclic) bond motifs is 2. The maximum absolute atomic E-state index is 12.2. The van der Waals surface area contributed by atoms with Crippen LogP contribution >= 0.6 is 22.7 Å². The molecule has 0 bridgehead atoms.